The van der Waals surface area contributed by atoms with Crippen LogP contribution >= 0.6 is 11.8 Å². The number of furan rings is 1. The Morgan fingerprint density at radius 2 is 1.18 bits per heavy atom. The molecule has 80 heavy (non-hydrogen) atoms. The number of para-hydroxylation sites is 4. The van der Waals surface area contributed by atoms with E-state index in [0.717, 1.165) is 107 Å². The molecule has 4 heterocycles. The van der Waals surface area contributed by atoms with Crippen molar-refractivity contribution in [3.8, 4) is 33.8 Å². The lowest BCUT2D eigenvalue weighted by Crippen LogP contribution is -2.61. The molecule has 5 nitrogen and oxygen atoms in total. The molecule has 15 rings (SSSR count). The smallest absolute Gasteiger partial charge is 0.333 e. The SMILES string of the molecule is Cc1cc2c(cc1N1c3cc4c(cc3B3c5c(cc(N(c6ccccc6)c6ccccc6)cc51)-c1c(ccc5c1oc1ccccc15)N3c1ccc(C(C)(C)C)cc1-c1ccccc1)Sc1ccccc1O4)C(C)(C)CCC2(C)C. The van der Waals surface area contributed by atoms with Gasteiger partial charge < -0.3 is 23.8 Å². The second-order valence-electron chi connectivity index (χ2n) is 24.8. The Bertz CT molecular complexity index is 4290. The molecule has 1 aromatic heterocycles. The van der Waals surface area contributed by atoms with Gasteiger partial charge in [0.1, 0.15) is 22.7 Å². The maximum Gasteiger partial charge on any atom is 0.333 e. The number of rotatable bonds is 6. The van der Waals surface area contributed by atoms with Crippen molar-refractivity contribution in [3.63, 3.8) is 0 Å². The van der Waals surface area contributed by atoms with E-state index in [1.54, 1.807) is 11.8 Å². The van der Waals surface area contributed by atoms with Crippen LogP contribution in [-0.2, 0) is 16.2 Å². The summed E-state index contributed by atoms with van der Waals surface area (Å²) < 4.78 is 14.4. The molecule has 0 bridgehead atoms. The summed E-state index contributed by atoms with van der Waals surface area (Å²) in [6.45, 7) is 18.7. The van der Waals surface area contributed by atoms with E-state index in [-0.39, 0.29) is 23.1 Å². The molecule has 4 aliphatic rings. The van der Waals surface area contributed by atoms with Crippen molar-refractivity contribution in [2.45, 2.75) is 94.3 Å². The lowest BCUT2D eigenvalue weighted by molar-refractivity contribution is 0.332. The first-order valence-corrected chi connectivity index (χ1v) is 29.1. The van der Waals surface area contributed by atoms with Crippen molar-refractivity contribution >= 4 is 97.0 Å². The van der Waals surface area contributed by atoms with Gasteiger partial charge in [-0.25, -0.2) is 0 Å². The molecule has 0 saturated heterocycles. The number of ether oxygens (including phenoxy) is 1. The fourth-order valence-corrected chi connectivity index (χ4v) is 14.5. The van der Waals surface area contributed by atoms with Gasteiger partial charge >= 0.3 is 6.85 Å². The zero-order valence-corrected chi connectivity index (χ0v) is 47.5. The maximum absolute atomic E-state index is 7.31. The van der Waals surface area contributed by atoms with Crippen LogP contribution in [0.1, 0.15) is 83.6 Å². The number of hydrogen-bond donors (Lipinski definition) is 0. The topological polar surface area (TPSA) is 32.1 Å². The molecule has 0 fully saturated rings. The molecule has 11 aromatic rings. The van der Waals surface area contributed by atoms with Crippen LogP contribution in [0.15, 0.2) is 220 Å². The molecule has 390 valence electrons. The Balaban J connectivity index is 1.12. The summed E-state index contributed by atoms with van der Waals surface area (Å²) in [4.78, 5) is 9.92. The van der Waals surface area contributed by atoms with E-state index < -0.39 is 0 Å². The predicted octanol–water partition coefficient (Wildman–Crippen LogP) is 19.6. The molecule has 0 unspecified atom stereocenters. The lowest BCUT2D eigenvalue weighted by atomic mass is 9.43. The highest BCUT2D eigenvalue weighted by Gasteiger charge is 2.49. The van der Waals surface area contributed by atoms with E-state index in [1.165, 1.54) is 50.0 Å². The van der Waals surface area contributed by atoms with Crippen LogP contribution < -0.4 is 30.3 Å². The van der Waals surface area contributed by atoms with Crippen LogP contribution in [0, 0.1) is 6.92 Å². The van der Waals surface area contributed by atoms with Crippen molar-refractivity contribution in [2.24, 2.45) is 0 Å². The Kier molecular flexibility index (Phi) is 10.8. The van der Waals surface area contributed by atoms with Gasteiger partial charge in [-0.05, 0) is 171 Å². The summed E-state index contributed by atoms with van der Waals surface area (Å²) in [5.41, 5.74) is 22.8. The number of benzene rings is 10. The number of fused-ring (bicyclic) bond motifs is 11. The van der Waals surface area contributed by atoms with E-state index in [1.807, 2.05) is 0 Å². The first-order valence-electron chi connectivity index (χ1n) is 28.3. The molecule has 0 amide bonds. The molecule has 0 radical (unpaired) electrons. The van der Waals surface area contributed by atoms with Gasteiger partial charge in [-0.2, -0.15) is 0 Å². The van der Waals surface area contributed by atoms with Gasteiger partial charge in [0.25, 0.3) is 0 Å². The summed E-state index contributed by atoms with van der Waals surface area (Å²) in [6.07, 6.45) is 2.25. The van der Waals surface area contributed by atoms with Crippen LogP contribution in [0.4, 0.5) is 45.5 Å². The van der Waals surface area contributed by atoms with E-state index in [4.69, 9.17) is 9.15 Å². The maximum atomic E-state index is 7.31. The molecule has 0 atom stereocenters. The third kappa shape index (κ3) is 7.53. The van der Waals surface area contributed by atoms with E-state index in [9.17, 15) is 0 Å². The molecular weight excluding hydrogens is 994 g/mol. The standard InChI is InChI=1S/C73H62BN3O2S/c1-45-38-55-56(73(7,8)37-36-72(55,5)6)42-60(45)76-61-44-65-67(80-66-31-21-20-30-64(66)78-65)43-57(61)74-69-54(40-50(41-62(69)76)75(48-24-14-10-15-25-48)49-26-16-11-17-27-49)68-59(35-33-52-51-28-18-19-29-63(51)79-70(52)68)77(74)58-34-32-47(71(2,3)4)39-53(58)46-22-12-9-13-23-46/h9-35,38-44H,36-37H2,1-8H3. The Labute approximate surface area is 474 Å². The Morgan fingerprint density at radius 3 is 1.90 bits per heavy atom. The Hall–Kier alpha value is -8.39. The van der Waals surface area contributed by atoms with Crippen molar-refractivity contribution in [1.29, 1.82) is 0 Å². The summed E-state index contributed by atoms with van der Waals surface area (Å²) in [6, 6.07) is 76.5. The van der Waals surface area contributed by atoms with E-state index in [2.05, 4.69) is 276 Å². The summed E-state index contributed by atoms with van der Waals surface area (Å²) in [7, 11) is 0. The lowest BCUT2D eigenvalue weighted by Gasteiger charge is -2.48. The highest BCUT2D eigenvalue weighted by Crippen LogP contribution is 2.57. The van der Waals surface area contributed by atoms with Crippen LogP contribution in [0.25, 0.3) is 44.2 Å². The first kappa shape index (κ1) is 48.7. The van der Waals surface area contributed by atoms with Gasteiger partial charge in [0.05, 0.1) is 9.79 Å². The summed E-state index contributed by atoms with van der Waals surface area (Å²) in [5.74, 6) is 1.73. The largest absolute Gasteiger partial charge is 0.455 e. The minimum atomic E-state index is -0.309. The minimum absolute atomic E-state index is 0.0304. The zero-order chi connectivity index (χ0) is 54.4. The molecule has 1 aliphatic carbocycles. The number of anilines is 8. The van der Waals surface area contributed by atoms with E-state index in [0.29, 0.717) is 0 Å². The predicted molar refractivity (Wildman–Crippen MR) is 337 cm³/mol. The average Bonchev–Trinajstić information content (AvgIpc) is 3.96. The monoisotopic (exact) mass is 1060 g/mol. The zero-order valence-electron chi connectivity index (χ0n) is 46.7. The molecule has 0 saturated carbocycles. The highest BCUT2D eigenvalue weighted by atomic mass is 32.2. The van der Waals surface area contributed by atoms with Crippen molar-refractivity contribution in [3.05, 3.63) is 229 Å². The van der Waals surface area contributed by atoms with Crippen molar-refractivity contribution in [1.82, 2.24) is 0 Å². The van der Waals surface area contributed by atoms with Crippen LogP contribution in [0.3, 0.4) is 0 Å². The number of hydrogen-bond acceptors (Lipinski definition) is 6. The molecule has 10 aromatic carbocycles. The highest BCUT2D eigenvalue weighted by molar-refractivity contribution is 7.99. The van der Waals surface area contributed by atoms with Crippen LogP contribution in [-0.4, -0.2) is 6.85 Å². The van der Waals surface area contributed by atoms with Gasteiger partial charge in [0.15, 0.2) is 0 Å². The van der Waals surface area contributed by atoms with Crippen LogP contribution in [0.5, 0.6) is 11.5 Å². The van der Waals surface area contributed by atoms with Crippen molar-refractivity contribution in [2.75, 3.05) is 14.6 Å². The van der Waals surface area contributed by atoms with E-state index >= 15 is 0 Å². The second-order valence-corrected chi connectivity index (χ2v) is 25.9. The van der Waals surface area contributed by atoms with Gasteiger partial charge in [0, 0.05) is 73.5 Å². The second kappa shape index (κ2) is 17.8. The fourth-order valence-electron chi connectivity index (χ4n) is 13.5. The quantitative estimate of drug-likeness (QED) is 0.154. The third-order valence-electron chi connectivity index (χ3n) is 17.8. The normalized spacial score (nSPS) is 15.3. The Morgan fingerprint density at radius 1 is 0.525 bits per heavy atom. The molecular formula is C73H62BN3O2S. The fraction of sp³-hybridized carbons (Fsp3) is 0.178. The van der Waals surface area contributed by atoms with Gasteiger partial charge in [-0.3, -0.25) is 0 Å². The third-order valence-corrected chi connectivity index (χ3v) is 18.9. The summed E-state index contributed by atoms with van der Waals surface area (Å²) in [5, 5.41) is 2.20. The number of nitrogens with zero attached hydrogens (tertiary/aromatic N) is 3. The molecule has 7 heteroatoms. The van der Waals surface area contributed by atoms with Crippen LogP contribution in [0.2, 0.25) is 0 Å². The summed E-state index contributed by atoms with van der Waals surface area (Å²) >= 11 is 1.80. The van der Waals surface area contributed by atoms with Gasteiger partial charge in [-0.1, -0.05) is 169 Å². The number of aryl methyl sites for hydroxylation is 1. The van der Waals surface area contributed by atoms with Crippen molar-refractivity contribution < 1.29 is 9.15 Å². The van der Waals surface area contributed by atoms with Gasteiger partial charge in [0.2, 0.25) is 0 Å². The molecule has 0 N–H and O–H groups in total. The minimum Gasteiger partial charge on any atom is -0.455 e. The van der Waals surface area contributed by atoms with Gasteiger partial charge in [-0.15, -0.1) is 0 Å². The first-order chi connectivity index (χ1) is 38.7. The molecule has 3 aliphatic heterocycles. The average molecular weight is 1060 g/mol. The molecule has 0 spiro atoms.